The van der Waals surface area contributed by atoms with Crippen LogP contribution in [0.5, 0.6) is 0 Å². The van der Waals surface area contributed by atoms with Crippen molar-refractivity contribution in [3.63, 3.8) is 0 Å². The number of nitrogens with one attached hydrogen (secondary N) is 2. The van der Waals surface area contributed by atoms with E-state index in [2.05, 4.69) is 34.6 Å². The van der Waals surface area contributed by atoms with Crippen molar-refractivity contribution in [1.29, 1.82) is 0 Å². The zero-order chi connectivity index (χ0) is 37.8. The van der Waals surface area contributed by atoms with Crippen molar-refractivity contribution in [2.75, 3.05) is 20.1 Å². The van der Waals surface area contributed by atoms with E-state index >= 15 is 0 Å². The van der Waals surface area contributed by atoms with E-state index in [9.17, 15) is 23.1 Å². The number of hydrogen-bond acceptors (Lipinski definition) is 9. The molecule has 4 N–H and O–H groups in total. The maximum atomic E-state index is 14.1. The molecule has 4 atom stereocenters. The molecule has 0 saturated heterocycles. The molecule has 1 aliphatic rings. The third-order valence-electron chi connectivity index (χ3n) is 9.73. The SMILES string of the molecule is CC[C@H](C)[C@H](NC(=O)N(C)Cc1csc(C(C)C)n1)C(=O)N[C@@H](Cc1ccccc1)[C@@H](O)CN(CC1CCCC1)S(=O)(=O)c1ccc(C=NO)cc1. The van der Waals surface area contributed by atoms with Gasteiger partial charge in [0.25, 0.3) is 0 Å². The molecule has 0 radical (unpaired) electrons. The lowest BCUT2D eigenvalue weighted by atomic mass is 9.96. The van der Waals surface area contributed by atoms with E-state index in [-0.39, 0.29) is 48.7 Å². The first-order valence-electron chi connectivity index (χ1n) is 18.1. The molecule has 1 fully saturated rings. The molecule has 284 valence electrons. The lowest BCUT2D eigenvalue weighted by molar-refractivity contribution is -0.125. The van der Waals surface area contributed by atoms with Crippen LogP contribution in [0.2, 0.25) is 0 Å². The summed E-state index contributed by atoms with van der Waals surface area (Å²) in [6.07, 6.45) is 4.60. The van der Waals surface area contributed by atoms with Crippen LogP contribution in [-0.2, 0) is 27.8 Å². The maximum Gasteiger partial charge on any atom is 0.318 e. The van der Waals surface area contributed by atoms with Crippen molar-refractivity contribution >= 4 is 39.5 Å². The highest BCUT2D eigenvalue weighted by Crippen LogP contribution is 2.28. The molecule has 1 saturated carbocycles. The molecule has 2 aromatic carbocycles. The minimum Gasteiger partial charge on any atom is -0.411 e. The second-order valence-corrected chi connectivity index (χ2v) is 17.0. The lowest BCUT2D eigenvalue weighted by Gasteiger charge is -2.33. The number of thiazole rings is 1. The summed E-state index contributed by atoms with van der Waals surface area (Å²) in [4.78, 5) is 33.7. The highest BCUT2D eigenvalue weighted by molar-refractivity contribution is 7.89. The van der Waals surface area contributed by atoms with Gasteiger partial charge in [-0.05, 0) is 54.4 Å². The molecule has 1 heterocycles. The third kappa shape index (κ3) is 11.3. The van der Waals surface area contributed by atoms with Crippen LogP contribution in [0.4, 0.5) is 4.79 Å². The van der Waals surface area contributed by atoms with Gasteiger partial charge in [0.1, 0.15) is 6.04 Å². The summed E-state index contributed by atoms with van der Waals surface area (Å²) in [7, 11) is -2.39. The quantitative estimate of drug-likeness (QED) is 0.0746. The van der Waals surface area contributed by atoms with Crippen LogP contribution < -0.4 is 10.6 Å². The van der Waals surface area contributed by atoms with E-state index in [4.69, 9.17) is 5.21 Å². The van der Waals surface area contributed by atoms with E-state index in [1.807, 2.05) is 49.6 Å². The summed E-state index contributed by atoms with van der Waals surface area (Å²) >= 11 is 1.55. The number of aromatic nitrogens is 1. The van der Waals surface area contributed by atoms with Crippen LogP contribution in [0.1, 0.15) is 87.5 Å². The Morgan fingerprint density at radius 3 is 2.33 bits per heavy atom. The number of aliphatic hydroxyl groups is 1. The van der Waals surface area contributed by atoms with Gasteiger partial charge < -0.3 is 25.8 Å². The largest absolute Gasteiger partial charge is 0.411 e. The minimum absolute atomic E-state index is 0.0539. The number of hydrogen-bond donors (Lipinski definition) is 4. The van der Waals surface area contributed by atoms with Crippen molar-refractivity contribution in [1.82, 2.24) is 24.8 Å². The first kappa shape index (κ1) is 40.9. The Bertz CT molecular complexity index is 1710. The minimum atomic E-state index is -4.05. The van der Waals surface area contributed by atoms with Gasteiger partial charge >= 0.3 is 6.03 Å². The fourth-order valence-electron chi connectivity index (χ4n) is 6.37. The molecule has 0 spiro atoms. The lowest BCUT2D eigenvalue weighted by Crippen LogP contribution is -2.58. The molecular formula is C38H54N6O6S2. The van der Waals surface area contributed by atoms with Gasteiger partial charge in [-0.1, -0.05) is 94.6 Å². The monoisotopic (exact) mass is 754 g/mol. The number of aliphatic hydroxyl groups excluding tert-OH is 1. The number of oxime groups is 1. The summed E-state index contributed by atoms with van der Waals surface area (Å²) in [6.45, 7) is 8.23. The number of carbonyl (C=O) groups is 2. The van der Waals surface area contributed by atoms with Crippen LogP contribution in [0.25, 0.3) is 0 Å². The maximum absolute atomic E-state index is 14.1. The summed E-state index contributed by atoms with van der Waals surface area (Å²) in [5.41, 5.74) is 2.16. The Hall–Kier alpha value is -3.85. The number of sulfonamides is 1. The van der Waals surface area contributed by atoms with Gasteiger partial charge in [0.05, 0.1) is 40.5 Å². The third-order valence-corrected chi connectivity index (χ3v) is 12.8. The number of rotatable bonds is 18. The number of carbonyl (C=O) groups excluding carboxylic acids is 2. The predicted octanol–water partition coefficient (Wildman–Crippen LogP) is 5.60. The Morgan fingerprint density at radius 1 is 1.06 bits per heavy atom. The molecule has 14 heteroatoms. The Kier molecular flexibility index (Phi) is 15.2. The second-order valence-electron chi connectivity index (χ2n) is 14.2. The van der Waals surface area contributed by atoms with Gasteiger partial charge in [0.2, 0.25) is 15.9 Å². The standard InChI is InChI=1S/C38H54N6O6S2/c1-6-27(4)35(42-38(47)43(5)23-31-25-51-37(40-31)26(2)3)36(46)41-33(20-28-12-8-7-9-13-28)34(45)24-44(22-30-14-10-11-15-30)52(49,50)32-18-16-29(17-19-32)21-39-48/h7-9,12-13,16-19,21,25-27,30,33-35,45,48H,6,10-11,14-15,20,22-24H2,1-5H3,(H,41,46)(H,42,47)/t27-,33-,34-,35-/m0/s1. The van der Waals surface area contributed by atoms with Crippen molar-refractivity contribution in [2.45, 2.75) is 102 Å². The number of benzene rings is 2. The fraction of sp³-hybridized carbons (Fsp3) is 0.526. The average Bonchev–Trinajstić information content (AvgIpc) is 3.83. The Balaban J connectivity index is 1.56. The highest BCUT2D eigenvalue weighted by atomic mass is 32.2. The van der Waals surface area contributed by atoms with Crippen LogP contribution in [-0.4, -0.2) is 89.4 Å². The molecule has 4 rings (SSSR count). The molecule has 52 heavy (non-hydrogen) atoms. The van der Waals surface area contributed by atoms with Gasteiger partial charge in [-0.25, -0.2) is 18.2 Å². The van der Waals surface area contributed by atoms with E-state index < -0.39 is 40.1 Å². The fourth-order valence-corrected chi connectivity index (χ4v) is 8.73. The molecule has 1 aromatic heterocycles. The van der Waals surface area contributed by atoms with E-state index in [0.717, 1.165) is 41.9 Å². The zero-order valence-electron chi connectivity index (χ0n) is 30.8. The molecule has 3 amide bonds. The molecule has 0 unspecified atom stereocenters. The molecule has 12 nitrogen and oxygen atoms in total. The van der Waals surface area contributed by atoms with E-state index in [0.29, 0.717) is 12.0 Å². The van der Waals surface area contributed by atoms with E-state index in [1.165, 1.54) is 27.6 Å². The van der Waals surface area contributed by atoms with Crippen LogP contribution in [0, 0.1) is 11.8 Å². The normalized spacial score (nSPS) is 16.2. The smallest absolute Gasteiger partial charge is 0.318 e. The molecule has 3 aromatic rings. The number of nitrogens with zero attached hydrogens (tertiary/aromatic N) is 4. The molecular weight excluding hydrogens is 701 g/mol. The average molecular weight is 755 g/mol. The predicted molar refractivity (Wildman–Crippen MR) is 204 cm³/mol. The van der Waals surface area contributed by atoms with Crippen molar-refractivity contribution in [2.24, 2.45) is 17.0 Å². The van der Waals surface area contributed by atoms with Gasteiger partial charge in [0, 0.05) is 31.4 Å². The van der Waals surface area contributed by atoms with Gasteiger partial charge in [-0.3, -0.25) is 4.79 Å². The topological polar surface area (TPSA) is 165 Å². The van der Waals surface area contributed by atoms with Crippen LogP contribution >= 0.6 is 11.3 Å². The summed E-state index contributed by atoms with van der Waals surface area (Å²) < 4.78 is 29.5. The summed E-state index contributed by atoms with van der Waals surface area (Å²) in [5, 5.41) is 32.6. The number of amides is 3. The molecule has 0 aliphatic heterocycles. The first-order valence-corrected chi connectivity index (χ1v) is 20.4. The second kappa shape index (κ2) is 19.3. The van der Waals surface area contributed by atoms with Crippen molar-refractivity contribution < 1.29 is 28.3 Å². The summed E-state index contributed by atoms with van der Waals surface area (Å²) in [6, 6.07) is 13.2. The summed E-state index contributed by atoms with van der Waals surface area (Å²) in [5.74, 6) is -0.270. The Labute approximate surface area is 312 Å². The molecule has 0 bridgehead atoms. The van der Waals surface area contributed by atoms with Crippen LogP contribution in [0.15, 0.2) is 70.0 Å². The van der Waals surface area contributed by atoms with Crippen molar-refractivity contribution in [3.05, 3.63) is 81.8 Å². The zero-order valence-corrected chi connectivity index (χ0v) is 32.4. The van der Waals surface area contributed by atoms with Gasteiger partial charge in [-0.2, -0.15) is 4.31 Å². The van der Waals surface area contributed by atoms with Crippen LogP contribution in [0.3, 0.4) is 0 Å². The van der Waals surface area contributed by atoms with Crippen molar-refractivity contribution in [3.8, 4) is 0 Å². The molecule has 1 aliphatic carbocycles. The highest BCUT2D eigenvalue weighted by Gasteiger charge is 2.35. The number of urea groups is 1. The van der Waals surface area contributed by atoms with Gasteiger partial charge in [-0.15, -0.1) is 11.3 Å². The Morgan fingerprint density at radius 2 is 1.73 bits per heavy atom. The van der Waals surface area contributed by atoms with Gasteiger partial charge in [0.15, 0.2) is 0 Å². The van der Waals surface area contributed by atoms with E-state index in [1.54, 1.807) is 30.5 Å². The first-order chi connectivity index (χ1) is 24.8.